The summed E-state index contributed by atoms with van der Waals surface area (Å²) in [5.74, 6) is 1.10. The van der Waals surface area contributed by atoms with Crippen LogP contribution < -0.4 is 9.80 Å². The molecule has 102 valence electrons. The molecule has 1 fully saturated rings. The fourth-order valence-electron chi connectivity index (χ4n) is 3.05. The summed E-state index contributed by atoms with van der Waals surface area (Å²) in [6, 6.07) is 4.33. The van der Waals surface area contributed by atoms with Crippen molar-refractivity contribution in [1.82, 2.24) is 4.98 Å². The van der Waals surface area contributed by atoms with Gasteiger partial charge in [0.2, 0.25) is 5.91 Å². The Hall–Kier alpha value is -1.10. The van der Waals surface area contributed by atoms with E-state index in [0.29, 0.717) is 12.6 Å². The van der Waals surface area contributed by atoms with Crippen LogP contribution >= 0.6 is 15.9 Å². The minimum Gasteiger partial charge on any atom is -0.343 e. The number of rotatable bonds is 1. The maximum Gasteiger partial charge on any atom is 0.246 e. The van der Waals surface area contributed by atoms with Crippen LogP contribution in [0.3, 0.4) is 0 Å². The van der Waals surface area contributed by atoms with Crippen molar-refractivity contribution in [2.45, 2.75) is 38.1 Å². The van der Waals surface area contributed by atoms with Crippen LogP contribution in [0.25, 0.3) is 0 Å². The van der Waals surface area contributed by atoms with Gasteiger partial charge in [-0.2, -0.15) is 0 Å². The first-order valence-electron chi connectivity index (χ1n) is 6.86. The molecule has 1 aliphatic heterocycles. The van der Waals surface area contributed by atoms with Gasteiger partial charge in [0.25, 0.3) is 0 Å². The van der Waals surface area contributed by atoms with E-state index in [2.05, 4.69) is 25.8 Å². The lowest BCUT2D eigenvalue weighted by molar-refractivity contribution is -0.117. The number of hydrogen-bond donors (Lipinski definition) is 0. The van der Waals surface area contributed by atoms with Gasteiger partial charge in [-0.3, -0.25) is 4.79 Å². The minimum absolute atomic E-state index is 0.155. The van der Waals surface area contributed by atoms with E-state index in [1.54, 1.807) is 4.90 Å². The van der Waals surface area contributed by atoms with Crippen molar-refractivity contribution in [3.05, 3.63) is 16.7 Å². The second kappa shape index (κ2) is 5.12. The zero-order chi connectivity index (χ0) is 13.4. The highest BCUT2D eigenvalue weighted by Crippen LogP contribution is 2.36. The van der Waals surface area contributed by atoms with Gasteiger partial charge in [-0.25, -0.2) is 4.98 Å². The first kappa shape index (κ1) is 12.9. The number of anilines is 2. The highest BCUT2D eigenvalue weighted by atomic mass is 79.9. The van der Waals surface area contributed by atoms with Crippen LogP contribution in [0.5, 0.6) is 0 Å². The second-order valence-electron chi connectivity index (χ2n) is 5.35. The summed E-state index contributed by atoms with van der Waals surface area (Å²) < 4.78 is 0.829. The van der Waals surface area contributed by atoms with Crippen LogP contribution in [0, 0.1) is 0 Å². The maximum absolute atomic E-state index is 12.1. The molecule has 0 aromatic carbocycles. The van der Waals surface area contributed by atoms with E-state index in [1.807, 2.05) is 19.2 Å². The van der Waals surface area contributed by atoms with Gasteiger partial charge >= 0.3 is 0 Å². The summed E-state index contributed by atoms with van der Waals surface area (Å²) >= 11 is 3.44. The molecule has 1 amide bonds. The Morgan fingerprint density at radius 3 is 2.74 bits per heavy atom. The van der Waals surface area contributed by atoms with Crippen LogP contribution in [-0.2, 0) is 4.79 Å². The van der Waals surface area contributed by atoms with Gasteiger partial charge in [0.05, 0.1) is 12.2 Å². The molecular formula is C14H18BrN3O. The molecule has 1 saturated carbocycles. The molecule has 0 spiro atoms. The van der Waals surface area contributed by atoms with E-state index in [0.717, 1.165) is 16.1 Å². The van der Waals surface area contributed by atoms with Gasteiger partial charge in [-0.1, -0.05) is 19.3 Å². The Balaban J connectivity index is 1.99. The Morgan fingerprint density at radius 2 is 2.00 bits per heavy atom. The summed E-state index contributed by atoms with van der Waals surface area (Å²) in [5.41, 5.74) is 0.921. The van der Waals surface area contributed by atoms with E-state index in [-0.39, 0.29) is 5.91 Å². The first-order valence-corrected chi connectivity index (χ1v) is 7.66. The first-order chi connectivity index (χ1) is 9.16. The number of carbonyl (C=O) groups is 1. The highest BCUT2D eigenvalue weighted by Gasteiger charge is 2.33. The van der Waals surface area contributed by atoms with Crippen molar-refractivity contribution in [3.63, 3.8) is 0 Å². The van der Waals surface area contributed by atoms with Crippen LogP contribution in [0.15, 0.2) is 16.7 Å². The lowest BCUT2D eigenvalue weighted by Gasteiger charge is -2.40. The van der Waals surface area contributed by atoms with E-state index >= 15 is 0 Å². The smallest absolute Gasteiger partial charge is 0.246 e. The lowest BCUT2D eigenvalue weighted by atomic mass is 9.93. The molecule has 0 saturated heterocycles. The topological polar surface area (TPSA) is 36.4 Å². The van der Waals surface area contributed by atoms with Crippen LogP contribution in [-0.4, -0.2) is 30.5 Å². The third kappa shape index (κ3) is 2.36. The van der Waals surface area contributed by atoms with Gasteiger partial charge in [0, 0.05) is 13.1 Å². The number of likely N-dealkylation sites (N-methyl/N-ethyl adjacent to an activating group) is 1. The molecule has 19 heavy (non-hydrogen) atoms. The molecular weight excluding hydrogens is 306 g/mol. The van der Waals surface area contributed by atoms with Crippen LogP contribution in [0.1, 0.15) is 32.1 Å². The average molecular weight is 324 g/mol. The number of nitrogens with zero attached hydrogens (tertiary/aromatic N) is 3. The summed E-state index contributed by atoms with van der Waals surface area (Å²) in [4.78, 5) is 20.7. The van der Waals surface area contributed by atoms with Crippen molar-refractivity contribution in [3.8, 4) is 0 Å². The molecule has 4 nitrogen and oxygen atoms in total. The SMILES string of the molecule is CN1C(=O)CN(C2CCCCC2)c2nc(Br)ccc21. The molecule has 1 aromatic rings. The molecule has 0 radical (unpaired) electrons. The van der Waals surface area contributed by atoms with Gasteiger partial charge in [0.1, 0.15) is 4.60 Å². The van der Waals surface area contributed by atoms with Gasteiger partial charge in [-0.05, 0) is 40.9 Å². The summed E-state index contributed by atoms with van der Waals surface area (Å²) in [6.45, 7) is 0.456. The van der Waals surface area contributed by atoms with Crippen LogP contribution in [0.2, 0.25) is 0 Å². The second-order valence-corrected chi connectivity index (χ2v) is 6.16. The fourth-order valence-corrected chi connectivity index (χ4v) is 3.35. The third-order valence-corrected chi connectivity index (χ3v) is 4.59. The predicted octanol–water partition coefficient (Wildman–Crippen LogP) is 2.96. The van der Waals surface area contributed by atoms with E-state index in [9.17, 15) is 4.79 Å². The van der Waals surface area contributed by atoms with E-state index in [1.165, 1.54) is 32.1 Å². The fraction of sp³-hybridized carbons (Fsp3) is 0.571. The van der Waals surface area contributed by atoms with Crippen molar-refractivity contribution >= 4 is 33.3 Å². The van der Waals surface area contributed by atoms with Crippen molar-refractivity contribution in [2.24, 2.45) is 0 Å². The number of pyridine rings is 1. The largest absolute Gasteiger partial charge is 0.343 e. The number of fused-ring (bicyclic) bond motifs is 1. The molecule has 3 rings (SSSR count). The van der Waals surface area contributed by atoms with Gasteiger partial charge in [-0.15, -0.1) is 0 Å². The summed E-state index contributed by atoms with van der Waals surface area (Å²) in [7, 11) is 1.83. The Kier molecular flexibility index (Phi) is 3.48. The highest BCUT2D eigenvalue weighted by molar-refractivity contribution is 9.10. The van der Waals surface area contributed by atoms with Crippen molar-refractivity contribution in [2.75, 3.05) is 23.4 Å². The van der Waals surface area contributed by atoms with Gasteiger partial charge < -0.3 is 9.80 Å². The molecule has 0 atom stereocenters. The number of hydrogen-bond acceptors (Lipinski definition) is 3. The Morgan fingerprint density at radius 1 is 1.26 bits per heavy atom. The summed E-state index contributed by atoms with van der Waals surface area (Å²) in [6.07, 6.45) is 6.18. The average Bonchev–Trinajstić information content (AvgIpc) is 2.43. The predicted molar refractivity (Wildman–Crippen MR) is 79.6 cm³/mol. The molecule has 5 heteroatoms. The van der Waals surface area contributed by atoms with E-state index in [4.69, 9.17) is 0 Å². The molecule has 0 unspecified atom stereocenters. The maximum atomic E-state index is 12.1. The molecule has 1 aromatic heterocycles. The monoisotopic (exact) mass is 323 g/mol. The quantitative estimate of drug-likeness (QED) is 0.745. The molecule has 1 aliphatic carbocycles. The van der Waals surface area contributed by atoms with E-state index < -0.39 is 0 Å². The molecule has 2 heterocycles. The number of halogens is 1. The van der Waals surface area contributed by atoms with Crippen LogP contribution in [0.4, 0.5) is 11.5 Å². The third-order valence-electron chi connectivity index (χ3n) is 4.15. The Bertz CT molecular complexity index is 499. The zero-order valence-electron chi connectivity index (χ0n) is 11.1. The molecule has 2 aliphatic rings. The summed E-state index contributed by atoms with van der Waals surface area (Å²) in [5, 5.41) is 0. The molecule has 0 bridgehead atoms. The van der Waals surface area contributed by atoms with Crippen molar-refractivity contribution in [1.29, 1.82) is 0 Å². The minimum atomic E-state index is 0.155. The normalized spacial score (nSPS) is 20.6. The Labute approximate surface area is 121 Å². The lowest BCUT2D eigenvalue weighted by Crippen LogP contribution is -2.49. The standard InChI is InChI=1S/C14H18BrN3O/c1-17-11-7-8-12(15)16-14(11)18(9-13(17)19)10-5-3-2-4-6-10/h7-8,10H,2-6,9H2,1H3. The number of carbonyl (C=O) groups excluding carboxylic acids is 1. The van der Waals surface area contributed by atoms with Crippen molar-refractivity contribution < 1.29 is 4.79 Å². The number of aromatic nitrogens is 1. The number of amides is 1. The van der Waals surface area contributed by atoms with Gasteiger partial charge in [0.15, 0.2) is 5.82 Å². The molecule has 0 N–H and O–H groups in total. The zero-order valence-corrected chi connectivity index (χ0v) is 12.7.